The van der Waals surface area contributed by atoms with Gasteiger partial charge in [0.05, 0.1) is 0 Å². The number of carbonyl (C=O) groups excluding carboxylic acids is 3. The molecule has 158 valence electrons. The van der Waals surface area contributed by atoms with E-state index in [4.69, 9.17) is 14.2 Å². The van der Waals surface area contributed by atoms with Crippen LogP contribution in [0.5, 0.6) is 0 Å². The molecule has 0 bridgehead atoms. The number of hydrogen-bond acceptors (Lipinski definition) is 8. The molecule has 10 heteroatoms. The Morgan fingerprint density at radius 1 is 1.03 bits per heavy atom. The van der Waals surface area contributed by atoms with Gasteiger partial charge in [-0.1, -0.05) is 0 Å². The maximum atomic E-state index is 11.6. The maximum absolute atomic E-state index is 11.6. The molecule has 9 nitrogen and oxygen atoms in total. The summed E-state index contributed by atoms with van der Waals surface area (Å²) in [7, 11) is 0. The van der Waals surface area contributed by atoms with Gasteiger partial charge < -0.3 is 0 Å². The van der Waals surface area contributed by atoms with Gasteiger partial charge in [0, 0.05) is 0 Å². The monoisotopic (exact) mass is 473 g/mol. The van der Waals surface area contributed by atoms with Crippen molar-refractivity contribution in [2.75, 3.05) is 0 Å². The van der Waals surface area contributed by atoms with E-state index in [1.54, 1.807) is 18.2 Å². The Labute approximate surface area is 174 Å². The number of hydrogen-bond donors (Lipinski definition) is 0. The van der Waals surface area contributed by atoms with Gasteiger partial charge in [-0.25, -0.2) is 0 Å². The first-order chi connectivity index (χ1) is 13.7. The van der Waals surface area contributed by atoms with Gasteiger partial charge in [0.1, 0.15) is 0 Å². The molecule has 0 radical (unpaired) electrons. The summed E-state index contributed by atoms with van der Waals surface area (Å²) < 4.78 is 16.7. The summed E-state index contributed by atoms with van der Waals surface area (Å²) >= 11 is -0.166. The van der Waals surface area contributed by atoms with Gasteiger partial charge >= 0.3 is 174 Å². The van der Waals surface area contributed by atoms with E-state index in [0.29, 0.717) is 22.6 Å². The second-order valence-corrected chi connectivity index (χ2v) is 9.04. The number of rotatable bonds is 8. The fourth-order valence-electron chi connectivity index (χ4n) is 3.40. The number of para-hydroxylation sites is 1. The van der Waals surface area contributed by atoms with Crippen molar-refractivity contribution in [3.8, 4) is 0 Å². The summed E-state index contributed by atoms with van der Waals surface area (Å²) in [4.78, 5) is 45.3. The van der Waals surface area contributed by atoms with Crippen LogP contribution in [-0.2, 0) is 28.6 Å². The van der Waals surface area contributed by atoms with Crippen molar-refractivity contribution in [2.45, 2.75) is 57.2 Å². The van der Waals surface area contributed by atoms with Crippen LogP contribution in [-0.4, -0.2) is 56.1 Å². The number of nitrogens with zero attached hydrogens (tertiary/aromatic N) is 1. The molecule has 29 heavy (non-hydrogen) atoms. The van der Waals surface area contributed by atoms with Crippen LogP contribution in [0.2, 0.25) is 5.32 Å². The Kier molecular flexibility index (Phi) is 8.16. The minimum atomic E-state index is -0.871. The summed E-state index contributed by atoms with van der Waals surface area (Å²) in [6, 6.07) is 6.59. The van der Waals surface area contributed by atoms with Gasteiger partial charge in [-0.05, 0) is 0 Å². The molecule has 1 aliphatic rings. The van der Waals surface area contributed by atoms with E-state index in [1.165, 1.54) is 26.8 Å². The summed E-state index contributed by atoms with van der Waals surface area (Å²) in [5, 5.41) is 11.8. The van der Waals surface area contributed by atoms with Crippen LogP contribution in [0.25, 0.3) is 0 Å². The molecule has 0 heterocycles. The van der Waals surface area contributed by atoms with E-state index >= 15 is 0 Å². The SMILES string of the molecule is CC(=O)O[C@@H]1[C@@H](CC[Se]c2ccccc2[N+](=O)[O-])C[C@H](OC(C)=O)[C@H]1OC(C)=O. The van der Waals surface area contributed by atoms with E-state index in [9.17, 15) is 24.5 Å². The first-order valence-electron chi connectivity index (χ1n) is 9.07. The second kappa shape index (κ2) is 10.4. The van der Waals surface area contributed by atoms with Gasteiger partial charge in [0.15, 0.2) is 0 Å². The van der Waals surface area contributed by atoms with Crippen molar-refractivity contribution >= 4 is 43.0 Å². The van der Waals surface area contributed by atoms with Crippen molar-refractivity contribution < 1.29 is 33.5 Å². The topological polar surface area (TPSA) is 122 Å². The van der Waals surface area contributed by atoms with Crippen molar-refractivity contribution in [3.63, 3.8) is 0 Å². The molecule has 0 amide bonds. The fourth-order valence-corrected chi connectivity index (χ4v) is 5.72. The predicted molar refractivity (Wildman–Crippen MR) is 103 cm³/mol. The van der Waals surface area contributed by atoms with Crippen molar-refractivity contribution in [1.82, 2.24) is 0 Å². The number of ether oxygens (including phenoxy) is 3. The van der Waals surface area contributed by atoms with Gasteiger partial charge in [-0.2, -0.15) is 0 Å². The molecule has 1 aliphatic carbocycles. The third-order valence-corrected chi connectivity index (χ3v) is 6.72. The molecular weight excluding hydrogens is 449 g/mol. The molecule has 0 N–H and O–H groups in total. The minimum absolute atomic E-state index is 0.0889. The zero-order valence-electron chi connectivity index (χ0n) is 16.4. The summed E-state index contributed by atoms with van der Waals surface area (Å²) in [6.07, 6.45) is -1.35. The number of nitro groups is 1. The first kappa shape index (κ1) is 22.8. The van der Waals surface area contributed by atoms with Crippen molar-refractivity contribution in [2.24, 2.45) is 5.92 Å². The molecule has 0 unspecified atom stereocenters. The second-order valence-electron chi connectivity index (χ2n) is 6.65. The molecule has 1 aromatic carbocycles. The van der Waals surface area contributed by atoms with Crippen LogP contribution in [0.15, 0.2) is 24.3 Å². The van der Waals surface area contributed by atoms with Gasteiger partial charge in [0.2, 0.25) is 0 Å². The Balaban J connectivity index is 2.12. The predicted octanol–water partition coefficient (Wildman–Crippen LogP) is 1.55. The average Bonchev–Trinajstić information content (AvgIpc) is 2.90. The van der Waals surface area contributed by atoms with E-state index < -0.39 is 41.1 Å². The van der Waals surface area contributed by atoms with E-state index in [0.717, 1.165) is 0 Å². The summed E-state index contributed by atoms with van der Waals surface area (Å²) in [5.41, 5.74) is 0.0889. The summed E-state index contributed by atoms with van der Waals surface area (Å²) in [6.45, 7) is 3.76. The Morgan fingerprint density at radius 2 is 1.62 bits per heavy atom. The zero-order chi connectivity index (χ0) is 21.6. The molecule has 1 aromatic rings. The number of esters is 3. The van der Waals surface area contributed by atoms with E-state index in [2.05, 4.69) is 0 Å². The molecule has 1 fully saturated rings. The van der Waals surface area contributed by atoms with Gasteiger partial charge in [0.25, 0.3) is 0 Å². The van der Waals surface area contributed by atoms with Crippen LogP contribution in [0.3, 0.4) is 0 Å². The Bertz CT molecular complexity index is 783. The molecule has 0 saturated heterocycles. The van der Waals surface area contributed by atoms with E-state index in [-0.39, 0.29) is 26.6 Å². The number of carbonyl (C=O) groups is 3. The zero-order valence-corrected chi connectivity index (χ0v) is 18.1. The van der Waals surface area contributed by atoms with Crippen molar-refractivity contribution in [1.29, 1.82) is 0 Å². The third kappa shape index (κ3) is 6.54. The van der Waals surface area contributed by atoms with Gasteiger partial charge in [-0.3, -0.25) is 0 Å². The molecule has 2 rings (SSSR count). The Morgan fingerprint density at radius 3 is 2.21 bits per heavy atom. The van der Waals surface area contributed by atoms with Crippen molar-refractivity contribution in [3.05, 3.63) is 34.4 Å². The number of benzene rings is 1. The quantitative estimate of drug-likeness (QED) is 0.184. The van der Waals surface area contributed by atoms with Crippen LogP contribution in [0.4, 0.5) is 5.69 Å². The summed E-state index contributed by atoms with van der Waals surface area (Å²) in [5.74, 6) is -1.80. The Hall–Kier alpha value is -2.45. The van der Waals surface area contributed by atoms with E-state index in [1.807, 2.05) is 0 Å². The number of nitro benzene ring substituents is 1. The molecule has 0 spiro atoms. The van der Waals surface area contributed by atoms with Gasteiger partial charge in [-0.15, -0.1) is 0 Å². The third-order valence-electron chi connectivity index (χ3n) is 4.42. The molecular formula is C19H23NO8Se. The fraction of sp³-hybridized carbons (Fsp3) is 0.526. The standard InChI is InChI=1S/C19H23NO8Se/c1-11(21)26-16-10-14(18(27-12(2)22)19(16)28-13(3)23)8-9-29-17-7-5-4-6-15(17)20(24)25/h4-7,14,16,18-19H,8-10H2,1-3H3/t14-,16-,18+,19+/m0/s1. The molecule has 0 aromatic heterocycles. The molecule has 0 aliphatic heterocycles. The molecule has 4 atom stereocenters. The van der Waals surface area contributed by atoms with Crippen LogP contribution >= 0.6 is 0 Å². The average molecular weight is 472 g/mol. The van der Waals surface area contributed by atoms with Crippen LogP contribution in [0, 0.1) is 16.0 Å². The first-order valence-corrected chi connectivity index (χ1v) is 11.1. The normalized spacial score (nSPS) is 23.3. The van der Waals surface area contributed by atoms with Crippen LogP contribution < -0.4 is 4.46 Å². The molecule has 1 saturated carbocycles. The van der Waals surface area contributed by atoms with Crippen LogP contribution in [0.1, 0.15) is 33.6 Å².